The highest BCUT2D eigenvalue weighted by Crippen LogP contribution is 2.16. The zero-order chi connectivity index (χ0) is 10.6. The van der Waals surface area contributed by atoms with E-state index in [0.717, 1.165) is 0 Å². The molecule has 1 aromatic rings. The summed E-state index contributed by atoms with van der Waals surface area (Å²) in [6.07, 6.45) is 2.38. The maximum absolute atomic E-state index is 3.57. The van der Waals surface area contributed by atoms with Gasteiger partial charge in [0.15, 0.2) is 0 Å². The molecule has 1 heteroatoms. The van der Waals surface area contributed by atoms with Crippen molar-refractivity contribution in [3.05, 3.63) is 35.4 Å². The molecule has 78 valence electrons. The summed E-state index contributed by atoms with van der Waals surface area (Å²) in [6, 6.07) is 9.01. The lowest BCUT2D eigenvalue weighted by atomic mass is 10.00. The van der Waals surface area contributed by atoms with Crippen molar-refractivity contribution < 1.29 is 0 Å². The molecule has 14 heavy (non-hydrogen) atoms. The molecule has 0 saturated carbocycles. The Hall–Kier alpha value is -0.300. The summed E-state index contributed by atoms with van der Waals surface area (Å²) in [6.45, 7) is 6.66. The molecule has 0 aromatic heterocycles. The van der Waals surface area contributed by atoms with E-state index < -0.39 is 0 Å². The molecule has 0 heterocycles. The van der Waals surface area contributed by atoms with E-state index in [1.807, 2.05) is 0 Å². The highest BCUT2D eigenvalue weighted by Gasteiger charge is 2.00. The Balaban J connectivity index is 2.55. The lowest BCUT2D eigenvalue weighted by Gasteiger charge is -2.07. The fourth-order valence-corrected chi connectivity index (χ4v) is 1.66. The summed E-state index contributed by atoms with van der Waals surface area (Å²) < 4.78 is 0. The third kappa shape index (κ3) is 3.83. The number of alkyl halides is 1. The molecule has 0 nitrogen and oxygen atoms in total. The second-order valence-electron chi connectivity index (χ2n) is 4.22. The van der Waals surface area contributed by atoms with E-state index in [4.69, 9.17) is 0 Å². The molecule has 0 aliphatic rings. The first-order chi connectivity index (χ1) is 6.59. The van der Waals surface area contributed by atoms with Crippen LogP contribution in [-0.4, -0.2) is 4.83 Å². The lowest BCUT2D eigenvalue weighted by molar-refractivity contribution is 0.817. The van der Waals surface area contributed by atoms with E-state index in [1.54, 1.807) is 0 Å². The van der Waals surface area contributed by atoms with E-state index in [2.05, 4.69) is 61.0 Å². The predicted octanol–water partition coefficient (Wildman–Crippen LogP) is 4.53. The number of rotatable bonds is 4. The molecule has 0 aliphatic carbocycles. The molecule has 0 bridgehead atoms. The van der Waals surface area contributed by atoms with Gasteiger partial charge in [-0.1, -0.05) is 61.0 Å². The zero-order valence-electron chi connectivity index (χ0n) is 9.26. The molecule has 1 rings (SSSR count). The van der Waals surface area contributed by atoms with Crippen molar-refractivity contribution in [3.63, 3.8) is 0 Å². The van der Waals surface area contributed by atoms with Crippen LogP contribution in [0.15, 0.2) is 24.3 Å². The Morgan fingerprint density at radius 3 is 2.07 bits per heavy atom. The van der Waals surface area contributed by atoms with Crippen molar-refractivity contribution in [3.8, 4) is 0 Å². The van der Waals surface area contributed by atoms with Crippen LogP contribution in [0.5, 0.6) is 0 Å². The molecule has 0 amide bonds. The summed E-state index contributed by atoms with van der Waals surface area (Å²) >= 11 is 3.57. The number of aryl methyl sites for hydroxylation is 1. The molecule has 0 radical (unpaired) electrons. The lowest BCUT2D eigenvalue weighted by Crippen LogP contribution is -1.94. The standard InChI is InChI=1S/C13H19Br/c1-10(2)13-8-6-12(7-9-13)5-4-11(3)14/h6-11H,4-5H2,1-3H3. The Morgan fingerprint density at radius 2 is 1.64 bits per heavy atom. The van der Waals surface area contributed by atoms with Gasteiger partial charge in [-0.05, 0) is 29.9 Å². The van der Waals surface area contributed by atoms with Crippen LogP contribution in [-0.2, 0) is 6.42 Å². The van der Waals surface area contributed by atoms with Crippen molar-refractivity contribution in [2.24, 2.45) is 0 Å². The fourth-order valence-electron chi connectivity index (χ4n) is 1.43. The SMILES string of the molecule is CC(Br)CCc1ccc(C(C)C)cc1. The summed E-state index contributed by atoms with van der Waals surface area (Å²) in [7, 11) is 0. The van der Waals surface area contributed by atoms with Gasteiger partial charge in [0.1, 0.15) is 0 Å². The van der Waals surface area contributed by atoms with Gasteiger partial charge < -0.3 is 0 Å². The summed E-state index contributed by atoms with van der Waals surface area (Å²) in [5.41, 5.74) is 2.88. The molecule has 1 unspecified atom stereocenters. The average molecular weight is 255 g/mol. The molecule has 0 N–H and O–H groups in total. The van der Waals surface area contributed by atoms with Crippen molar-refractivity contribution in [1.82, 2.24) is 0 Å². The highest BCUT2D eigenvalue weighted by atomic mass is 79.9. The van der Waals surface area contributed by atoms with Gasteiger partial charge >= 0.3 is 0 Å². The largest absolute Gasteiger partial charge is 0.0894 e. The third-order valence-corrected chi connectivity index (χ3v) is 2.94. The maximum Gasteiger partial charge on any atom is 0.0120 e. The molecule has 0 spiro atoms. The van der Waals surface area contributed by atoms with Gasteiger partial charge in [-0.25, -0.2) is 0 Å². The second kappa shape index (κ2) is 5.55. The minimum Gasteiger partial charge on any atom is -0.0894 e. The predicted molar refractivity (Wildman–Crippen MR) is 67.2 cm³/mol. The summed E-state index contributed by atoms with van der Waals surface area (Å²) in [5, 5.41) is 0. The third-order valence-electron chi connectivity index (χ3n) is 2.48. The summed E-state index contributed by atoms with van der Waals surface area (Å²) in [4.78, 5) is 0.618. The zero-order valence-corrected chi connectivity index (χ0v) is 10.8. The number of halogens is 1. The molecule has 0 fully saturated rings. The Bertz CT molecular complexity index is 259. The normalized spacial score (nSPS) is 13.2. The van der Waals surface area contributed by atoms with Crippen LogP contribution in [0.4, 0.5) is 0 Å². The average Bonchev–Trinajstić information content (AvgIpc) is 2.15. The van der Waals surface area contributed by atoms with Crippen LogP contribution in [0.1, 0.15) is 44.2 Å². The summed E-state index contributed by atoms with van der Waals surface area (Å²) in [5.74, 6) is 0.638. The quantitative estimate of drug-likeness (QED) is 0.693. The first-order valence-electron chi connectivity index (χ1n) is 5.32. The fraction of sp³-hybridized carbons (Fsp3) is 0.538. The highest BCUT2D eigenvalue weighted by molar-refractivity contribution is 9.09. The van der Waals surface area contributed by atoms with Crippen LogP contribution in [0, 0.1) is 0 Å². The first kappa shape index (κ1) is 11.8. The van der Waals surface area contributed by atoms with Gasteiger partial charge in [0.2, 0.25) is 0 Å². The molecule has 0 aliphatic heterocycles. The monoisotopic (exact) mass is 254 g/mol. The van der Waals surface area contributed by atoms with Gasteiger partial charge in [-0.2, -0.15) is 0 Å². The van der Waals surface area contributed by atoms with E-state index in [9.17, 15) is 0 Å². The van der Waals surface area contributed by atoms with E-state index >= 15 is 0 Å². The Morgan fingerprint density at radius 1 is 1.07 bits per heavy atom. The molecular weight excluding hydrogens is 236 g/mol. The maximum atomic E-state index is 3.57. The molecule has 0 saturated heterocycles. The van der Waals surface area contributed by atoms with E-state index in [1.165, 1.54) is 24.0 Å². The van der Waals surface area contributed by atoms with E-state index in [-0.39, 0.29) is 0 Å². The van der Waals surface area contributed by atoms with Crippen molar-refractivity contribution in [2.45, 2.75) is 44.4 Å². The number of hydrogen-bond donors (Lipinski definition) is 0. The molecule has 1 atom stereocenters. The number of benzene rings is 1. The van der Waals surface area contributed by atoms with Gasteiger partial charge in [-0.3, -0.25) is 0 Å². The van der Waals surface area contributed by atoms with Crippen LogP contribution < -0.4 is 0 Å². The van der Waals surface area contributed by atoms with Crippen LogP contribution in [0.25, 0.3) is 0 Å². The minimum atomic E-state index is 0.618. The van der Waals surface area contributed by atoms with Crippen LogP contribution in [0.2, 0.25) is 0 Å². The van der Waals surface area contributed by atoms with Gasteiger partial charge in [0, 0.05) is 4.83 Å². The van der Waals surface area contributed by atoms with Gasteiger partial charge in [0.25, 0.3) is 0 Å². The smallest absolute Gasteiger partial charge is 0.0120 e. The number of hydrogen-bond acceptors (Lipinski definition) is 0. The molecular formula is C13H19Br. The first-order valence-corrected chi connectivity index (χ1v) is 6.24. The minimum absolute atomic E-state index is 0.618. The van der Waals surface area contributed by atoms with Gasteiger partial charge in [0.05, 0.1) is 0 Å². The Kier molecular flexibility index (Phi) is 4.67. The topological polar surface area (TPSA) is 0 Å². The van der Waals surface area contributed by atoms with Gasteiger partial charge in [-0.15, -0.1) is 0 Å². The van der Waals surface area contributed by atoms with Crippen molar-refractivity contribution in [1.29, 1.82) is 0 Å². The second-order valence-corrected chi connectivity index (χ2v) is 5.78. The van der Waals surface area contributed by atoms with Crippen LogP contribution in [0.3, 0.4) is 0 Å². The Labute approximate surface area is 95.9 Å². The van der Waals surface area contributed by atoms with Crippen molar-refractivity contribution in [2.75, 3.05) is 0 Å². The van der Waals surface area contributed by atoms with Crippen molar-refractivity contribution >= 4 is 15.9 Å². The molecule has 1 aromatic carbocycles. The van der Waals surface area contributed by atoms with Crippen LogP contribution >= 0.6 is 15.9 Å². The van der Waals surface area contributed by atoms with E-state index in [0.29, 0.717) is 10.7 Å².